The molecule has 1 amide bonds. The first-order valence-corrected chi connectivity index (χ1v) is 9.89. The van der Waals surface area contributed by atoms with Crippen LogP contribution in [-0.4, -0.2) is 25.8 Å². The normalized spacial score (nSPS) is 16.2. The molecule has 0 fully saturated rings. The summed E-state index contributed by atoms with van der Waals surface area (Å²) < 4.78 is 34.2. The standard InChI is InChI=1S/C20H22F2N2O3S/c1-3-12-5-7-17-14(8-12)10-18(28-17)19(25)24-23-11-13-4-6-15(27-20(21)22)16(9-13)26-2/h4,6,9-12,20H,3,5,7-8H2,1-2H3,(H,24,25)/b23-11-/t12-/m0/s1. The van der Waals surface area contributed by atoms with E-state index in [1.807, 2.05) is 6.07 Å². The molecule has 2 aromatic rings. The molecule has 1 N–H and O–H groups in total. The number of hydrogen-bond donors (Lipinski definition) is 1. The summed E-state index contributed by atoms with van der Waals surface area (Å²) >= 11 is 1.52. The number of nitrogens with zero attached hydrogens (tertiary/aromatic N) is 1. The van der Waals surface area contributed by atoms with Crippen molar-refractivity contribution in [3.05, 3.63) is 45.1 Å². The summed E-state index contributed by atoms with van der Waals surface area (Å²) in [6.07, 6.45) is 5.82. The fraction of sp³-hybridized carbons (Fsp3) is 0.400. The number of methoxy groups -OCH3 is 1. The van der Waals surface area contributed by atoms with E-state index >= 15 is 0 Å². The second-order valence-corrected chi connectivity index (χ2v) is 7.70. The van der Waals surface area contributed by atoms with Crippen molar-refractivity contribution in [1.82, 2.24) is 5.43 Å². The van der Waals surface area contributed by atoms with Crippen molar-refractivity contribution in [2.75, 3.05) is 7.11 Å². The Kier molecular flexibility index (Phi) is 6.61. The number of hydrogen-bond acceptors (Lipinski definition) is 5. The first kappa shape index (κ1) is 20.3. The lowest BCUT2D eigenvalue weighted by Crippen LogP contribution is -2.16. The Morgan fingerprint density at radius 3 is 2.93 bits per heavy atom. The van der Waals surface area contributed by atoms with Crippen LogP contribution in [0, 0.1) is 5.92 Å². The van der Waals surface area contributed by atoms with E-state index in [0.717, 1.165) is 19.3 Å². The highest BCUT2D eigenvalue weighted by molar-refractivity contribution is 7.14. The number of alkyl halides is 2. The number of halogens is 2. The van der Waals surface area contributed by atoms with Gasteiger partial charge in [0.25, 0.3) is 5.91 Å². The van der Waals surface area contributed by atoms with Crippen molar-refractivity contribution < 1.29 is 23.0 Å². The smallest absolute Gasteiger partial charge is 0.387 e. The third-order valence-corrected chi connectivity index (χ3v) is 6.01. The van der Waals surface area contributed by atoms with E-state index in [-0.39, 0.29) is 17.4 Å². The van der Waals surface area contributed by atoms with Crippen molar-refractivity contribution >= 4 is 23.5 Å². The average molecular weight is 408 g/mol. The number of nitrogens with one attached hydrogen (secondary N) is 1. The molecular weight excluding hydrogens is 386 g/mol. The van der Waals surface area contributed by atoms with E-state index in [2.05, 4.69) is 22.2 Å². The zero-order valence-corrected chi connectivity index (χ0v) is 16.5. The molecule has 0 aliphatic heterocycles. The summed E-state index contributed by atoms with van der Waals surface area (Å²) in [5.74, 6) is 0.538. The summed E-state index contributed by atoms with van der Waals surface area (Å²) in [7, 11) is 1.36. The highest BCUT2D eigenvalue weighted by Gasteiger charge is 2.21. The molecule has 28 heavy (non-hydrogen) atoms. The lowest BCUT2D eigenvalue weighted by Gasteiger charge is -2.19. The first-order chi connectivity index (χ1) is 13.5. The van der Waals surface area contributed by atoms with Crippen LogP contribution < -0.4 is 14.9 Å². The number of fused-ring (bicyclic) bond motifs is 1. The number of hydrazone groups is 1. The summed E-state index contributed by atoms with van der Waals surface area (Å²) in [6.45, 7) is -0.733. The molecule has 1 aliphatic carbocycles. The molecule has 1 heterocycles. The van der Waals surface area contributed by atoms with Crippen LogP contribution in [0.1, 0.15) is 45.4 Å². The number of carbonyl (C=O) groups is 1. The Bertz CT molecular complexity index is 867. The van der Waals surface area contributed by atoms with Crippen molar-refractivity contribution in [3.63, 3.8) is 0 Å². The predicted molar refractivity (Wildman–Crippen MR) is 105 cm³/mol. The number of rotatable bonds is 7. The van der Waals surface area contributed by atoms with Gasteiger partial charge in [0.1, 0.15) is 0 Å². The van der Waals surface area contributed by atoms with Gasteiger partial charge < -0.3 is 9.47 Å². The van der Waals surface area contributed by atoms with Crippen molar-refractivity contribution in [2.24, 2.45) is 11.0 Å². The molecule has 3 rings (SSSR count). The summed E-state index contributed by atoms with van der Waals surface area (Å²) in [4.78, 5) is 14.3. The molecule has 1 aromatic carbocycles. The Hall–Kier alpha value is -2.48. The van der Waals surface area contributed by atoms with Crippen LogP contribution in [0.5, 0.6) is 11.5 Å². The highest BCUT2D eigenvalue weighted by Crippen LogP contribution is 2.33. The van der Waals surface area contributed by atoms with Gasteiger partial charge in [0.2, 0.25) is 0 Å². The molecule has 0 bridgehead atoms. The Morgan fingerprint density at radius 2 is 2.21 bits per heavy atom. The molecule has 0 radical (unpaired) electrons. The van der Waals surface area contributed by atoms with E-state index in [1.54, 1.807) is 6.07 Å². The predicted octanol–water partition coefficient (Wildman–Crippen LogP) is 4.64. The quantitative estimate of drug-likeness (QED) is 0.536. The van der Waals surface area contributed by atoms with E-state index in [9.17, 15) is 13.6 Å². The molecule has 0 unspecified atom stereocenters. The Labute approximate surface area is 166 Å². The van der Waals surface area contributed by atoms with Crippen LogP contribution in [-0.2, 0) is 12.8 Å². The van der Waals surface area contributed by atoms with Gasteiger partial charge >= 0.3 is 6.61 Å². The molecule has 1 atom stereocenters. The number of ether oxygens (including phenoxy) is 2. The van der Waals surface area contributed by atoms with Gasteiger partial charge in [-0.05, 0) is 60.6 Å². The van der Waals surface area contributed by atoms with Gasteiger partial charge in [-0.2, -0.15) is 13.9 Å². The number of amides is 1. The van der Waals surface area contributed by atoms with Gasteiger partial charge in [0.05, 0.1) is 18.2 Å². The second-order valence-electron chi connectivity index (χ2n) is 6.56. The zero-order valence-electron chi connectivity index (χ0n) is 15.7. The second kappa shape index (κ2) is 9.14. The van der Waals surface area contributed by atoms with Crippen LogP contribution in [0.2, 0.25) is 0 Å². The summed E-state index contributed by atoms with van der Waals surface area (Å²) in [6, 6.07) is 6.38. The minimum atomic E-state index is -2.93. The van der Waals surface area contributed by atoms with Gasteiger partial charge in [-0.3, -0.25) is 4.79 Å². The third-order valence-electron chi connectivity index (χ3n) is 4.77. The van der Waals surface area contributed by atoms with Gasteiger partial charge in [0, 0.05) is 4.88 Å². The van der Waals surface area contributed by atoms with Crippen LogP contribution in [0.15, 0.2) is 29.4 Å². The van der Waals surface area contributed by atoms with Gasteiger partial charge in [0.15, 0.2) is 11.5 Å². The molecule has 1 aliphatic rings. The maximum Gasteiger partial charge on any atom is 0.387 e. The largest absolute Gasteiger partial charge is 0.493 e. The molecule has 1 aromatic heterocycles. The molecule has 0 saturated carbocycles. The molecule has 0 saturated heterocycles. The maximum absolute atomic E-state index is 12.4. The fourth-order valence-corrected chi connectivity index (χ4v) is 4.34. The number of carbonyl (C=O) groups excluding carboxylic acids is 1. The van der Waals surface area contributed by atoms with Crippen molar-refractivity contribution in [3.8, 4) is 11.5 Å². The number of benzene rings is 1. The van der Waals surface area contributed by atoms with Crippen LogP contribution >= 0.6 is 11.3 Å². The molecule has 150 valence electrons. The zero-order chi connectivity index (χ0) is 20.1. The minimum absolute atomic E-state index is 0.0618. The van der Waals surface area contributed by atoms with Crippen LogP contribution in [0.3, 0.4) is 0 Å². The SMILES string of the molecule is CC[C@H]1CCc2sc(C(=O)N/N=C\c3ccc(OC(F)F)c(OC)c3)cc2C1. The molecule has 5 nitrogen and oxygen atoms in total. The summed E-state index contributed by atoms with van der Waals surface area (Å²) in [5, 5.41) is 3.96. The fourth-order valence-electron chi connectivity index (χ4n) is 3.24. The van der Waals surface area contributed by atoms with E-state index in [1.165, 1.54) is 53.7 Å². The maximum atomic E-state index is 12.4. The van der Waals surface area contributed by atoms with Crippen LogP contribution in [0.25, 0.3) is 0 Å². The van der Waals surface area contributed by atoms with E-state index in [0.29, 0.717) is 16.4 Å². The number of aryl methyl sites for hydroxylation is 1. The molecule has 0 spiro atoms. The molecule has 8 heteroatoms. The molecular formula is C20H22F2N2O3S. The van der Waals surface area contributed by atoms with Crippen molar-refractivity contribution in [2.45, 2.75) is 39.2 Å². The van der Waals surface area contributed by atoms with Crippen LogP contribution in [0.4, 0.5) is 8.78 Å². The average Bonchev–Trinajstić information content (AvgIpc) is 3.11. The summed E-state index contributed by atoms with van der Waals surface area (Å²) in [5.41, 5.74) is 4.37. The monoisotopic (exact) mass is 408 g/mol. The third kappa shape index (κ3) is 4.86. The lowest BCUT2D eigenvalue weighted by molar-refractivity contribution is -0.0512. The Balaban J connectivity index is 1.63. The van der Waals surface area contributed by atoms with Gasteiger partial charge in [-0.1, -0.05) is 13.3 Å². The van der Waals surface area contributed by atoms with Gasteiger partial charge in [-0.15, -0.1) is 11.3 Å². The first-order valence-electron chi connectivity index (χ1n) is 9.08. The van der Waals surface area contributed by atoms with Crippen molar-refractivity contribution in [1.29, 1.82) is 0 Å². The topological polar surface area (TPSA) is 59.9 Å². The van der Waals surface area contributed by atoms with E-state index in [4.69, 9.17) is 4.74 Å². The number of thiophene rings is 1. The minimum Gasteiger partial charge on any atom is -0.493 e. The van der Waals surface area contributed by atoms with Gasteiger partial charge in [-0.25, -0.2) is 5.43 Å². The lowest BCUT2D eigenvalue weighted by atomic mass is 9.87. The highest BCUT2D eigenvalue weighted by atomic mass is 32.1. The Morgan fingerprint density at radius 1 is 1.39 bits per heavy atom. The van der Waals surface area contributed by atoms with E-state index < -0.39 is 6.61 Å².